The fourth-order valence-corrected chi connectivity index (χ4v) is 2.26. The summed E-state index contributed by atoms with van der Waals surface area (Å²) in [7, 11) is 0. The molecular formula is C16H17FN4O2. The van der Waals surface area contributed by atoms with E-state index in [4.69, 9.17) is 5.73 Å². The van der Waals surface area contributed by atoms with Gasteiger partial charge in [-0.3, -0.25) is 4.79 Å². The van der Waals surface area contributed by atoms with E-state index in [1.807, 2.05) is 0 Å². The van der Waals surface area contributed by atoms with Crippen molar-refractivity contribution in [2.45, 2.75) is 12.8 Å². The number of amides is 3. The first-order valence-corrected chi connectivity index (χ1v) is 7.35. The van der Waals surface area contributed by atoms with Gasteiger partial charge in [0.05, 0.1) is 11.3 Å². The number of carbonyl (C=O) groups excluding carboxylic acids is 2. The number of nitrogens with one attached hydrogen (secondary N) is 2. The second-order valence-electron chi connectivity index (χ2n) is 5.62. The third-order valence-corrected chi connectivity index (χ3v) is 3.69. The van der Waals surface area contributed by atoms with Crippen LogP contribution in [0.4, 0.5) is 14.9 Å². The van der Waals surface area contributed by atoms with E-state index in [2.05, 4.69) is 10.6 Å². The highest BCUT2D eigenvalue weighted by atomic mass is 19.1. The summed E-state index contributed by atoms with van der Waals surface area (Å²) >= 11 is 0. The van der Waals surface area contributed by atoms with Crippen LogP contribution < -0.4 is 16.4 Å². The minimum Gasteiger partial charge on any atom is -0.365 e. The van der Waals surface area contributed by atoms with Gasteiger partial charge in [-0.25, -0.2) is 9.18 Å². The minimum atomic E-state index is -0.669. The summed E-state index contributed by atoms with van der Waals surface area (Å²) < 4.78 is 14.9. The first-order valence-electron chi connectivity index (χ1n) is 7.35. The normalized spacial score (nSPS) is 13.6. The third kappa shape index (κ3) is 3.68. The van der Waals surface area contributed by atoms with Gasteiger partial charge < -0.3 is 20.9 Å². The van der Waals surface area contributed by atoms with Crippen molar-refractivity contribution in [3.63, 3.8) is 0 Å². The van der Waals surface area contributed by atoms with E-state index < -0.39 is 17.8 Å². The van der Waals surface area contributed by atoms with Crippen LogP contribution in [0.25, 0.3) is 5.69 Å². The zero-order chi connectivity index (χ0) is 16.4. The molecule has 0 unspecified atom stereocenters. The number of aromatic nitrogens is 1. The number of benzene rings is 1. The molecule has 1 saturated carbocycles. The molecule has 0 atom stereocenters. The summed E-state index contributed by atoms with van der Waals surface area (Å²) in [5, 5.41) is 5.36. The zero-order valence-corrected chi connectivity index (χ0v) is 12.4. The van der Waals surface area contributed by atoms with Crippen LogP contribution in [0, 0.1) is 11.7 Å². The van der Waals surface area contributed by atoms with Gasteiger partial charge in [0.25, 0.3) is 5.91 Å². The van der Waals surface area contributed by atoms with Crippen molar-refractivity contribution in [1.29, 1.82) is 0 Å². The highest BCUT2D eigenvalue weighted by Crippen LogP contribution is 2.27. The maximum atomic E-state index is 13.3. The maximum Gasteiger partial charge on any atom is 0.319 e. The molecule has 0 aliphatic heterocycles. The van der Waals surface area contributed by atoms with Crippen LogP contribution in [0.2, 0.25) is 0 Å². The lowest BCUT2D eigenvalue weighted by Crippen LogP contribution is -2.31. The van der Waals surface area contributed by atoms with Crippen LogP contribution in [0.3, 0.4) is 0 Å². The topological polar surface area (TPSA) is 89.2 Å². The Morgan fingerprint density at radius 3 is 2.74 bits per heavy atom. The Morgan fingerprint density at radius 2 is 2.09 bits per heavy atom. The summed E-state index contributed by atoms with van der Waals surface area (Å²) in [5.41, 5.74) is 6.32. The van der Waals surface area contributed by atoms with Gasteiger partial charge in [0.15, 0.2) is 0 Å². The smallest absolute Gasteiger partial charge is 0.319 e. The Balaban J connectivity index is 1.80. The number of halogens is 1. The van der Waals surface area contributed by atoms with Crippen molar-refractivity contribution < 1.29 is 14.0 Å². The second-order valence-corrected chi connectivity index (χ2v) is 5.62. The van der Waals surface area contributed by atoms with Crippen molar-refractivity contribution in [3.05, 3.63) is 48.0 Å². The summed E-state index contributed by atoms with van der Waals surface area (Å²) in [5.74, 6) is -0.514. The molecule has 3 rings (SSSR count). The molecule has 6 nitrogen and oxygen atoms in total. The molecule has 0 spiro atoms. The van der Waals surface area contributed by atoms with Crippen LogP contribution in [0.15, 0.2) is 36.7 Å². The average molecular weight is 316 g/mol. The summed E-state index contributed by atoms with van der Waals surface area (Å²) in [6, 6.07) is 5.50. The fourth-order valence-electron chi connectivity index (χ4n) is 2.26. The molecule has 0 radical (unpaired) electrons. The Morgan fingerprint density at radius 1 is 1.30 bits per heavy atom. The number of anilines is 1. The highest BCUT2D eigenvalue weighted by molar-refractivity contribution is 6.02. The van der Waals surface area contributed by atoms with E-state index in [0.717, 1.165) is 12.8 Å². The van der Waals surface area contributed by atoms with Crippen molar-refractivity contribution in [3.8, 4) is 5.69 Å². The van der Waals surface area contributed by atoms with Gasteiger partial charge in [-0.05, 0) is 37.0 Å². The molecular weight excluding hydrogens is 299 g/mol. The molecule has 120 valence electrons. The van der Waals surface area contributed by atoms with Crippen LogP contribution in [0.1, 0.15) is 23.2 Å². The summed E-state index contributed by atoms with van der Waals surface area (Å²) in [4.78, 5) is 23.4. The number of primary amides is 1. The molecule has 1 aromatic carbocycles. The Hall–Kier alpha value is -2.83. The van der Waals surface area contributed by atoms with E-state index in [-0.39, 0.29) is 11.3 Å². The SMILES string of the molecule is NC(=O)c1cn(-c2cccc(F)c2)cc1NC(=O)NCC1CC1. The number of rotatable bonds is 5. The number of carbonyl (C=O) groups is 2. The van der Waals surface area contributed by atoms with Gasteiger partial charge in [-0.2, -0.15) is 0 Å². The van der Waals surface area contributed by atoms with Crippen LogP contribution in [-0.4, -0.2) is 23.1 Å². The van der Waals surface area contributed by atoms with Gasteiger partial charge in [0.2, 0.25) is 0 Å². The Bertz CT molecular complexity index is 752. The van der Waals surface area contributed by atoms with Crippen molar-refractivity contribution in [2.24, 2.45) is 11.7 Å². The molecule has 23 heavy (non-hydrogen) atoms. The average Bonchev–Trinajstić information content (AvgIpc) is 3.24. The van der Waals surface area contributed by atoms with Gasteiger partial charge >= 0.3 is 6.03 Å². The lowest BCUT2D eigenvalue weighted by atomic mass is 10.3. The molecule has 4 N–H and O–H groups in total. The van der Waals surface area contributed by atoms with Gasteiger partial charge in [-0.15, -0.1) is 0 Å². The number of nitrogens with zero attached hydrogens (tertiary/aromatic N) is 1. The predicted octanol–water partition coefficient (Wildman–Crippen LogP) is 2.25. The highest BCUT2D eigenvalue weighted by Gasteiger charge is 2.22. The molecule has 0 saturated heterocycles. The Labute approximate surface area is 132 Å². The molecule has 0 bridgehead atoms. The number of nitrogens with two attached hydrogens (primary N) is 1. The number of urea groups is 1. The largest absolute Gasteiger partial charge is 0.365 e. The van der Waals surface area contributed by atoms with Gasteiger partial charge in [0.1, 0.15) is 5.82 Å². The summed E-state index contributed by atoms with van der Waals surface area (Å²) in [6.45, 7) is 0.613. The molecule has 3 amide bonds. The van der Waals surface area contributed by atoms with Crippen molar-refractivity contribution in [2.75, 3.05) is 11.9 Å². The maximum absolute atomic E-state index is 13.3. The molecule has 1 heterocycles. The minimum absolute atomic E-state index is 0.163. The van der Waals surface area contributed by atoms with Crippen LogP contribution >= 0.6 is 0 Å². The molecule has 1 aliphatic rings. The fraction of sp³-hybridized carbons (Fsp3) is 0.250. The molecule has 2 aromatic rings. The van der Waals surface area contributed by atoms with Crippen molar-refractivity contribution >= 4 is 17.6 Å². The summed E-state index contributed by atoms with van der Waals surface area (Å²) in [6.07, 6.45) is 5.25. The van der Waals surface area contributed by atoms with Crippen LogP contribution in [-0.2, 0) is 0 Å². The monoisotopic (exact) mass is 316 g/mol. The third-order valence-electron chi connectivity index (χ3n) is 3.69. The van der Waals surface area contributed by atoms with E-state index in [1.54, 1.807) is 16.7 Å². The van der Waals surface area contributed by atoms with Gasteiger partial charge in [0, 0.05) is 24.6 Å². The standard InChI is InChI=1S/C16H17FN4O2/c17-11-2-1-3-12(6-11)21-8-13(15(18)22)14(9-21)20-16(23)19-7-10-4-5-10/h1-3,6,8-10H,4-5,7H2,(H2,18,22)(H2,19,20,23). The molecule has 7 heteroatoms. The van der Waals surface area contributed by atoms with E-state index in [0.29, 0.717) is 18.2 Å². The lowest BCUT2D eigenvalue weighted by molar-refractivity contribution is 0.100. The Kier molecular flexibility index (Phi) is 4.01. The number of hydrogen-bond donors (Lipinski definition) is 3. The van der Waals surface area contributed by atoms with E-state index in [1.165, 1.54) is 24.5 Å². The number of hydrogen-bond acceptors (Lipinski definition) is 2. The molecule has 1 fully saturated rings. The quantitative estimate of drug-likeness (QED) is 0.790. The lowest BCUT2D eigenvalue weighted by Gasteiger charge is -2.06. The first-order chi connectivity index (χ1) is 11.0. The predicted molar refractivity (Wildman–Crippen MR) is 84.0 cm³/mol. The zero-order valence-electron chi connectivity index (χ0n) is 12.4. The van der Waals surface area contributed by atoms with Gasteiger partial charge in [-0.1, -0.05) is 6.07 Å². The molecule has 1 aliphatic carbocycles. The van der Waals surface area contributed by atoms with Crippen LogP contribution in [0.5, 0.6) is 0 Å². The molecule has 1 aromatic heterocycles. The first kappa shape index (κ1) is 15.1. The van der Waals surface area contributed by atoms with E-state index in [9.17, 15) is 14.0 Å². The van der Waals surface area contributed by atoms with E-state index >= 15 is 0 Å². The van der Waals surface area contributed by atoms with Crippen molar-refractivity contribution in [1.82, 2.24) is 9.88 Å². The second kappa shape index (κ2) is 6.12.